The Kier molecular flexibility index (Phi) is 7.98. The Labute approximate surface area is 121 Å². The SMILES string of the molecule is C=CCCCCCN(C)C(=NC)NCc1cccs1. The van der Waals surface area contributed by atoms with Gasteiger partial charge in [0, 0.05) is 25.5 Å². The molecule has 0 unspecified atom stereocenters. The number of nitrogens with zero attached hydrogens (tertiary/aromatic N) is 2. The van der Waals surface area contributed by atoms with Crippen molar-refractivity contribution in [3.8, 4) is 0 Å². The van der Waals surface area contributed by atoms with Crippen molar-refractivity contribution in [3.63, 3.8) is 0 Å². The molecule has 0 radical (unpaired) electrons. The van der Waals surface area contributed by atoms with E-state index in [-0.39, 0.29) is 0 Å². The topological polar surface area (TPSA) is 27.6 Å². The van der Waals surface area contributed by atoms with Crippen LogP contribution in [0.2, 0.25) is 0 Å². The van der Waals surface area contributed by atoms with E-state index in [9.17, 15) is 0 Å². The maximum atomic E-state index is 4.32. The molecule has 4 heteroatoms. The van der Waals surface area contributed by atoms with E-state index in [1.54, 1.807) is 11.3 Å². The number of aliphatic imine (C=N–C) groups is 1. The Balaban J connectivity index is 2.23. The quantitative estimate of drug-likeness (QED) is 0.341. The highest BCUT2D eigenvalue weighted by Gasteiger charge is 2.05. The number of allylic oxidation sites excluding steroid dienone is 1. The molecule has 0 saturated carbocycles. The van der Waals surface area contributed by atoms with E-state index >= 15 is 0 Å². The van der Waals surface area contributed by atoms with Crippen LogP contribution in [0.4, 0.5) is 0 Å². The molecule has 106 valence electrons. The molecular weight excluding hydrogens is 254 g/mol. The molecule has 19 heavy (non-hydrogen) atoms. The van der Waals surface area contributed by atoms with Gasteiger partial charge in [-0.15, -0.1) is 17.9 Å². The zero-order valence-corrected chi connectivity index (χ0v) is 12.9. The van der Waals surface area contributed by atoms with Gasteiger partial charge in [-0.1, -0.05) is 18.6 Å². The predicted octanol–water partition coefficient (Wildman–Crippen LogP) is 3.50. The van der Waals surface area contributed by atoms with Crippen molar-refractivity contribution in [2.75, 3.05) is 20.6 Å². The van der Waals surface area contributed by atoms with E-state index in [4.69, 9.17) is 0 Å². The summed E-state index contributed by atoms with van der Waals surface area (Å²) in [5.41, 5.74) is 0. The lowest BCUT2D eigenvalue weighted by Crippen LogP contribution is -2.38. The van der Waals surface area contributed by atoms with Crippen molar-refractivity contribution < 1.29 is 0 Å². The molecule has 1 N–H and O–H groups in total. The summed E-state index contributed by atoms with van der Waals surface area (Å²) in [4.78, 5) is 7.85. The molecule has 0 fully saturated rings. The highest BCUT2D eigenvalue weighted by Crippen LogP contribution is 2.07. The average Bonchev–Trinajstić information content (AvgIpc) is 2.92. The van der Waals surface area contributed by atoms with Gasteiger partial charge in [-0.3, -0.25) is 4.99 Å². The standard InChI is InChI=1S/C15H25N3S/c1-4-5-6-7-8-11-18(3)15(16-2)17-13-14-10-9-12-19-14/h4,9-10,12H,1,5-8,11,13H2,2-3H3,(H,16,17). The summed E-state index contributed by atoms with van der Waals surface area (Å²) in [6.45, 7) is 5.64. The minimum atomic E-state index is 0.852. The highest BCUT2D eigenvalue weighted by molar-refractivity contribution is 7.09. The van der Waals surface area contributed by atoms with E-state index < -0.39 is 0 Å². The molecule has 0 atom stereocenters. The first-order chi connectivity index (χ1) is 9.27. The third-order valence-corrected chi connectivity index (χ3v) is 3.85. The Bertz CT molecular complexity index is 371. The first-order valence-corrected chi connectivity index (χ1v) is 7.71. The zero-order valence-electron chi connectivity index (χ0n) is 12.1. The summed E-state index contributed by atoms with van der Waals surface area (Å²) >= 11 is 1.77. The van der Waals surface area contributed by atoms with Crippen LogP contribution in [0.1, 0.15) is 30.6 Å². The van der Waals surface area contributed by atoms with Gasteiger partial charge in [0.05, 0.1) is 6.54 Å². The van der Waals surface area contributed by atoms with E-state index in [2.05, 4.69) is 46.3 Å². The lowest BCUT2D eigenvalue weighted by molar-refractivity contribution is 0.455. The number of thiophene rings is 1. The lowest BCUT2D eigenvalue weighted by atomic mass is 10.2. The summed E-state index contributed by atoms with van der Waals surface area (Å²) in [6.07, 6.45) is 6.79. The lowest BCUT2D eigenvalue weighted by Gasteiger charge is -2.21. The Morgan fingerprint density at radius 1 is 1.47 bits per heavy atom. The maximum Gasteiger partial charge on any atom is 0.193 e. The van der Waals surface area contributed by atoms with Crippen LogP contribution in [-0.2, 0) is 6.54 Å². The fourth-order valence-corrected chi connectivity index (χ4v) is 2.53. The van der Waals surface area contributed by atoms with Gasteiger partial charge in [-0.2, -0.15) is 0 Å². The summed E-state index contributed by atoms with van der Waals surface area (Å²) in [6, 6.07) is 4.22. The smallest absolute Gasteiger partial charge is 0.193 e. The monoisotopic (exact) mass is 279 g/mol. The van der Waals surface area contributed by atoms with E-state index in [0.717, 1.165) is 25.5 Å². The van der Waals surface area contributed by atoms with Crippen molar-refractivity contribution in [2.45, 2.75) is 32.2 Å². The summed E-state index contributed by atoms with van der Waals surface area (Å²) in [7, 11) is 3.93. The minimum Gasteiger partial charge on any atom is -0.351 e. The molecule has 0 aliphatic rings. The van der Waals surface area contributed by atoms with Crippen LogP contribution in [0.15, 0.2) is 35.2 Å². The van der Waals surface area contributed by atoms with Crippen molar-refractivity contribution in [1.82, 2.24) is 10.2 Å². The third kappa shape index (κ3) is 6.43. The molecule has 3 nitrogen and oxygen atoms in total. The second-order valence-electron chi connectivity index (χ2n) is 4.54. The summed E-state index contributed by atoms with van der Waals surface area (Å²) in [5, 5.41) is 5.49. The van der Waals surface area contributed by atoms with Gasteiger partial charge in [-0.25, -0.2) is 0 Å². The fourth-order valence-electron chi connectivity index (χ4n) is 1.88. The normalized spacial score (nSPS) is 11.4. The molecule has 0 spiro atoms. The molecule has 1 heterocycles. The predicted molar refractivity (Wildman–Crippen MR) is 85.8 cm³/mol. The molecule has 0 aliphatic carbocycles. The highest BCUT2D eigenvalue weighted by atomic mass is 32.1. The molecule has 0 bridgehead atoms. The van der Waals surface area contributed by atoms with Crippen LogP contribution >= 0.6 is 11.3 Å². The number of hydrogen-bond donors (Lipinski definition) is 1. The molecular formula is C15H25N3S. The number of rotatable bonds is 8. The van der Waals surface area contributed by atoms with E-state index in [1.807, 2.05) is 13.1 Å². The van der Waals surface area contributed by atoms with Gasteiger partial charge in [0.1, 0.15) is 0 Å². The van der Waals surface area contributed by atoms with E-state index in [1.165, 1.54) is 24.1 Å². The second kappa shape index (κ2) is 9.62. The fraction of sp³-hybridized carbons (Fsp3) is 0.533. The number of guanidine groups is 1. The van der Waals surface area contributed by atoms with Crippen LogP contribution in [0, 0.1) is 0 Å². The largest absolute Gasteiger partial charge is 0.351 e. The molecule has 1 aromatic rings. The van der Waals surface area contributed by atoms with Gasteiger partial charge in [-0.05, 0) is 30.7 Å². The summed E-state index contributed by atoms with van der Waals surface area (Å²) in [5.74, 6) is 0.970. The van der Waals surface area contributed by atoms with Crippen LogP contribution < -0.4 is 5.32 Å². The molecule has 1 aromatic heterocycles. The van der Waals surface area contributed by atoms with Crippen molar-refractivity contribution in [1.29, 1.82) is 0 Å². The molecule has 0 amide bonds. The zero-order chi connectivity index (χ0) is 13.9. The van der Waals surface area contributed by atoms with Crippen molar-refractivity contribution >= 4 is 17.3 Å². The van der Waals surface area contributed by atoms with Crippen LogP contribution in [0.25, 0.3) is 0 Å². The molecule has 0 saturated heterocycles. The number of hydrogen-bond acceptors (Lipinski definition) is 2. The van der Waals surface area contributed by atoms with Crippen molar-refractivity contribution in [3.05, 3.63) is 35.0 Å². The first kappa shape index (κ1) is 15.8. The van der Waals surface area contributed by atoms with Gasteiger partial charge in [0.25, 0.3) is 0 Å². The van der Waals surface area contributed by atoms with Crippen LogP contribution in [0.5, 0.6) is 0 Å². The Hall–Kier alpha value is -1.29. The van der Waals surface area contributed by atoms with Gasteiger partial charge >= 0.3 is 0 Å². The van der Waals surface area contributed by atoms with Gasteiger partial charge in [0.15, 0.2) is 5.96 Å². The summed E-state index contributed by atoms with van der Waals surface area (Å²) < 4.78 is 0. The van der Waals surface area contributed by atoms with Crippen LogP contribution in [-0.4, -0.2) is 31.5 Å². The molecule has 1 rings (SSSR count). The minimum absolute atomic E-state index is 0.852. The number of unbranched alkanes of at least 4 members (excludes halogenated alkanes) is 3. The van der Waals surface area contributed by atoms with Gasteiger partial charge in [0.2, 0.25) is 0 Å². The van der Waals surface area contributed by atoms with E-state index in [0.29, 0.717) is 0 Å². The van der Waals surface area contributed by atoms with Gasteiger partial charge < -0.3 is 10.2 Å². The number of nitrogens with one attached hydrogen (secondary N) is 1. The Morgan fingerprint density at radius 2 is 2.32 bits per heavy atom. The first-order valence-electron chi connectivity index (χ1n) is 6.83. The average molecular weight is 279 g/mol. The maximum absolute atomic E-state index is 4.32. The molecule has 0 aliphatic heterocycles. The van der Waals surface area contributed by atoms with Crippen LogP contribution in [0.3, 0.4) is 0 Å². The Morgan fingerprint density at radius 3 is 2.95 bits per heavy atom. The molecule has 0 aromatic carbocycles. The van der Waals surface area contributed by atoms with Crippen molar-refractivity contribution in [2.24, 2.45) is 4.99 Å². The third-order valence-electron chi connectivity index (χ3n) is 2.98. The second-order valence-corrected chi connectivity index (χ2v) is 5.57.